The molecule has 0 bridgehead atoms. The number of ketones is 2. The third-order valence-corrected chi connectivity index (χ3v) is 6.77. The molecule has 9 heteroatoms. The van der Waals surface area contributed by atoms with Crippen molar-refractivity contribution in [2.24, 2.45) is 5.92 Å². The molecule has 1 fully saturated rings. The SMILES string of the molecule is CCCC(=O)/C(C(=O)C1CC1c1ccc(Oc2ccc(F)cc2)cc1C(F)(F)F)=C(O)\C(CCC)=C(\O)CCC. The van der Waals surface area contributed by atoms with Gasteiger partial charge in [0.05, 0.1) is 11.3 Å². The van der Waals surface area contributed by atoms with Crippen LogP contribution in [0.5, 0.6) is 11.5 Å². The molecule has 2 atom stereocenters. The number of Topliss-reactive ketones (excluding diaryl/α,β-unsaturated/α-hetero) is 2. The fourth-order valence-corrected chi connectivity index (χ4v) is 4.75. The summed E-state index contributed by atoms with van der Waals surface area (Å²) >= 11 is 0. The summed E-state index contributed by atoms with van der Waals surface area (Å²) in [6.45, 7) is 5.39. The van der Waals surface area contributed by atoms with Crippen LogP contribution >= 0.6 is 0 Å². The predicted octanol–water partition coefficient (Wildman–Crippen LogP) is 8.90. The lowest BCUT2D eigenvalue weighted by Crippen LogP contribution is -2.19. The van der Waals surface area contributed by atoms with Gasteiger partial charge in [0.2, 0.25) is 0 Å². The molecule has 2 aromatic carbocycles. The van der Waals surface area contributed by atoms with Gasteiger partial charge in [-0.15, -0.1) is 0 Å². The zero-order chi connectivity index (χ0) is 29.6. The fourth-order valence-electron chi connectivity index (χ4n) is 4.75. The molecule has 0 amide bonds. The van der Waals surface area contributed by atoms with Crippen molar-refractivity contribution in [1.29, 1.82) is 0 Å². The third kappa shape index (κ3) is 7.31. The molecule has 1 saturated carbocycles. The number of rotatable bonds is 13. The minimum Gasteiger partial charge on any atom is -0.512 e. The van der Waals surface area contributed by atoms with Gasteiger partial charge in [-0.2, -0.15) is 13.2 Å². The number of ether oxygens (including phenoxy) is 1. The number of hydrogen-bond donors (Lipinski definition) is 2. The first kappa shape index (κ1) is 30.9. The maximum absolute atomic E-state index is 14.1. The van der Waals surface area contributed by atoms with Gasteiger partial charge in [0.15, 0.2) is 11.6 Å². The summed E-state index contributed by atoms with van der Waals surface area (Å²) in [5, 5.41) is 21.6. The average molecular weight is 563 g/mol. The lowest BCUT2D eigenvalue weighted by Gasteiger charge is -2.16. The van der Waals surface area contributed by atoms with Crippen molar-refractivity contribution >= 4 is 11.6 Å². The Kier molecular flexibility index (Phi) is 10.2. The van der Waals surface area contributed by atoms with E-state index in [-0.39, 0.29) is 54.1 Å². The standard InChI is InChI=1S/C31H34F4O5/c1-4-7-22(26(36)8-5-2)29(38)28(27(37)9-6-3)30(39)24-17-23(24)21-15-14-20(16-25(21)31(33,34)35)40-19-12-10-18(32)11-13-19/h10-16,23-24,36,38H,4-9,17H2,1-3H3/b26-22+,29-28-. The summed E-state index contributed by atoms with van der Waals surface area (Å²) in [5.41, 5.74) is -1.43. The fraction of sp³-hybridized carbons (Fsp3) is 0.419. The molecule has 3 rings (SSSR count). The van der Waals surface area contributed by atoms with E-state index in [0.29, 0.717) is 19.3 Å². The number of aliphatic hydroxyl groups is 2. The lowest BCUT2D eigenvalue weighted by atomic mass is 9.91. The molecule has 0 radical (unpaired) electrons. The Labute approximate surface area is 231 Å². The van der Waals surface area contributed by atoms with E-state index in [1.165, 1.54) is 24.3 Å². The second-order valence-corrected chi connectivity index (χ2v) is 9.94. The highest BCUT2D eigenvalue weighted by Crippen LogP contribution is 2.53. The number of halogens is 4. The van der Waals surface area contributed by atoms with Gasteiger partial charge in [0, 0.05) is 24.3 Å². The largest absolute Gasteiger partial charge is 0.512 e. The summed E-state index contributed by atoms with van der Waals surface area (Å²) < 4.78 is 60.9. The highest BCUT2D eigenvalue weighted by molar-refractivity contribution is 6.22. The molecule has 1 aliphatic rings. The summed E-state index contributed by atoms with van der Waals surface area (Å²) in [6.07, 6.45) is -2.72. The van der Waals surface area contributed by atoms with Gasteiger partial charge in [-0.3, -0.25) is 9.59 Å². The molecule has 2 N–H and O–H groups in total. The van der Waals surface area contributed by atoms with Crippen molar-refractivity contribution in [3.63, 3.8) is 0 Å². The third-order valence-electron chi connectivity index (χ3n) is 6.77. The van der Waals surface area contributed by atoms with Crippen molar-refractivity contribution in [2.75, 3.05) is 0 Å². The molecule has 5 nitrogen and oxygen atoms in total. The Morgan fingerprint density at radius 2 is 1.50 bits per heavy atom. The Balaban J connectivity index is 1.97. The highest BCUT2D eigenvalue weighted by atomic mass is 19.4. The second-order valence-electron chi connectivity index (χ2n) is 9.94. The van der Waals surface area contributed by atoms with Crippen LogP contribution in [0.25, 0.3) is 0 Å². The Hall–Kier alpha value is -3.62. The van der Waals surface area contributed by atoms with Gasteiger partial charge < -0.3 is 14.9 Å². The van der Waals surface area contributed by atoms with Crippen LogP contribution in [0.4, 0.5) is 17.6 Å². The second kappa shape index (κ2) is 13.2. The summed E-state index contributed by atoms with van der Waals surface area (Å²) in [5.74, 6) is -4.24. The molecule has 0 heterocycles. The maximum atomic E-state index is 14.1. The molecule has 216 valence electrons. The number of benzene rings is 2. The molecular weight excluding hydrogens is 528 g/mol. The molecule has 2 aromatic rings. The van der Waals surface area contributed by atoms with Gasteiger partial charge in [-0.25, -0.2) is 4.39 Å². The molecule has 40 heavy (non-hydrogen) atoms. The smallest absolute Gasteiger partial charge is 0.416 e. The Morgan fingerprint density at radius 1 is 0.900 bits per heavy atom. The zero-order valence-electron chi connectivity index (χ0n) is 22.8. The van der Waals surface area contributed by atoms with E-state index in [9.17, 15) is 37.4 Å². The first-order valence-electron chi connectivity index (χ1n) is 13.5. The van der Waals surface area contributed by atoms with Crippen molar-refractivity contribution < 1.29 is 42.1 Å². The maximum Gasteiger partial charge on any atom is 0.416 e. The summed E-state index contributed by atoms with van der Waals surface area (Å²) in [4.78, 5) is 26.5. The van der Waals surface area contributed by atoms with Crippen LogP contribution in [0.3, 0.4) is 0 Å². The van der Waals surface area contributed by atoms with E-state index in [0.717, 1.165) is 18.2 Å². The highest BCUT2D eigenvalue weighted by Gasteiger charge is 2.50. The molecule has 2 unspecified atom stereocenters. The van der Waals surface area contributed by atoms with Crippen LogP contribution in [0.15, 0.2) is 65.1 Å². The van der Waals surface area contributed by atoms with E-state index in [2.05, 4.69) is 0 Å². The van der Waals surface area contributed by atoms with Crippen LogP contribution < -0.4 is 4.74 Å². The van der Waals surface area contributed by atoms with E-state index >= 15 is 0 Å². The molecule has 0 saturated heterocycles. The normalized spacial score (nSPS) is 18.1. The number of allylic oxidation sites excluding steroid dienone is 3. The van der Waals surface area contributed by atoms with Gasteiger partial charge in [0.25, 0.3) is 0 Å². The van der Waals surface area contributed by atoms with Crippen molar-refractivity contribution in [2.45, 2.75) is 77.8 Å². The minimum absolute atomic E-state index is 0.0281. The molecule has 0 spiro atoms. The lowest BCUT2D eigenvalue weighted by molar-refractivity contribution is -0.138. The Bertz CT molecular complexity index is 1290. The van der Waals surface area contributed by atoms with E-state index in [1.807, 2.05) is 13.8 Å². The topological polar surface area (TPSA) is 83.8 Å². The minimum atomic E-state index is -4.75. The van der Waals surface area contributed by atoms with E-state index in [1.54, 1.807) is 6.92 Å². The van der Waals surface area contributed by atoms with Gasteiger partial charge in [-0.1, -0.05) is 33.3 Å². The molecule has 0 aromatic heterocycles. The van der Waals surface area contributed by atoms with Crippen molar-refractivity contribution in [3.8, 4) is 11.5 Å². The van der Waals surface area contributed by atoms with Crippen molar-refractivity contribution in [1.82, 2.24) is 0 Å². The van der Waals surface area contributed by atoms with Crippen LogP contribution in [0.1, 0.15) is 82.8 Å². The number of hydrogen-bond acceptors (Lipinski definition) is 5. The van der Waals surface area contributed by atoms with Gasteiger partial charge >= 0.3 is 6.18 Å². The van der Waals surface area contributed by atoms with Crippen molar-refractivity contribution in [3.05, 3.63) is 82.1 Å². The van der Waals surface area contributed by atoms with Crippen LogP contribution in [0.2, 0.25) is 0 Å². The van der Waals surface area contributed by atoms with E-state index < -0.39 is 52.3 Å². The summed E-state index contributed by atoms with van der Waals surface area (Å²) in [7, 11) is 0. The number of alkyl halides is 3. The Morgan fingerprint density at radius 3 is 2.08 bits per heavy atom. The van der Waals surface area contributed by atoms with E-state index in [4.69, 9.17) is 4.74 Å². The van der Waals surface area contributed by atoms with Crippen LogP contribution in [0, 0.1) is 11.7 Å². The molecular formula is C31H34F4O5. The average Bonchev–Trinajstić information content (AvgIpc) is 3.69. The van der Waals surface area contributed by atoms with Gasteiger partial charge in [-0.05, 0) is 73.6 Å². The molecule has 0 aliphatic heterocycles. The quantitative estimate of drug-likeness (QED) is 0.0636. The summed E-state index contributed by atoms with van der Waals surface area (Å²) in [6, 6.07) is 8.25. The van der Waals surface area contributed by atoms with Crippen LogP contribution in [-0.4, -0.2) is 21.8 Å². The number of aliphatic hydroxyl groups excluding tert-OH is 2. The first-order chi connectivity index (χ1) is 18.9. The van der Waals surface area contributed by atoms with Crippen LogP contribution in [-0.2, 0) is 15.8 Å². The first-order valence-corrected chi connectivity index (χ1v) is 13.5. The monoisotopic (exact) mass is 562 g/mol. The number of carbonyl (C=O) groups is 2. The molecule has 1 aliphatic carbocycles. The zero-order valence-corrected chi connectivity index (χ0v) is 22.8. The van der Waals surface area contributed by atoms with Gasteiger partial charge in [0.1, 0.15) is 28.6 Å². The number of carbonyl (C=O) groups excluding carboxylic acids is 2. The predicted molar refractivity (Wildman–Crippen MR) is 143 cm³/mol.